The van der Waals surface area contributed by atoms with E-state index in [9.17, 15) is 4.79 Å². The molecule has 1 aliphatic rings. The molecule has 3 rings (SSSR count). The van der Waals surface area contributed by atoms with Crippen LogP contribution in [0.4, 0.5) is 0 Å². The third-order valence-electron chi connectivity index (χ3n) is 5.00. The Balaban J connectivity index is 1.61. The van der Waals surface area contributed by atoms with Crippen LogP contribution in [0.3, 0.4) is 0 Å². The van der Waals surface area contributed by atoms with Crippen LogP contribution in [0.5, 0.6) is 5.88 Å². The third kappa shape index (κ3) is 4.74. The van der Waals surface area contributed by atoms with E-state index in [-0.39, 0.29) is 18.6 Å². The molecule has 6 nitrogen and oxygen atoms in total. The summed E-state index contributed by atoms with van der Waals surface area (Å²) in [7, 11) is 1.84. The highest BCUT2D eigenvalue weighted by Gasteiger charge is 2.30. The van der Waals surface area contributed by atoms with Crippen molar-refractivity contribution in [2.45, 2.75) is 46.6 Å². The van der Waals surface area contributed by atoms with E-state index in [0.717, 1.165) is 33.8 Å². The van der Waals surface area contributed by atoms with Gasteiger partial charge < -0.3 is 10.1 Å². The fourth-order valence-electron chi connectivity index (χ4n) is 3.35. The summed E-state index contributed by atoms with van der Waals surface area (Å²) in [5.74, 6) is 0.826. The SMILES string of the molecule is C/N=C(\c1c(C)cc(OCC(=O)NC(C)c2ccc(C)nc2)nc1C)C1CC1. The van der Waals surface area contributed by atoms with Crippen LogP contribution < -0.4 is 10.1 Å². The van der Waals surface area contributed by atoms with E-state index < -0.39 is 0 Å². The Labute approximate surface area is 166 Å². The maximum Gasteiger partial charge on any atom is 0.258 e. The summed E-state index contributed by atoms with van der Waals surface area (Å²) < 4.78 is 5.65. The van der Waals surface area contributed by atoms with E-state index in [2.05, 4.69) is 20.3 Å². The van der Waals surface area contributed by atoms with Gasteiger partial charge in [0, 0.05) is 42.2 Å². The van der Waals surface area contributed by atoms with Crippen molar-refractivity contribution in [2.24, 2.45) is 10.9 Å². The number of amides is 1. The smallest absolute Gasteiger partial charge is 0.258 e. The Kier molecular flexibility index (Phi) is 6.07. The van der Waals surface area contributed by atoms with Gasteiger partial charge in [-0.1, -0.05) is 6.07 Å². The highest BCUT2D eigenvalue weighted by atomic mass is 16.5. The number of nitrogens with one attached hydrogen (secondary N) is 1. The normalized spacial score (nSPS) is 15.2. The Bertz CT molecular complexity index is 863. The average Bonchev–Trinajstić information content (AvgIpc) is 3.48. The van der Waals surface area contributed by atoms with Crippen molar-refractivity contribution in [3.8, 4) is 5.88 Å². The second-order valence-corrected chi connectivity index (χ2v) is 7.43. The van der Waals surface area contributed by atoms with E-state index in [0.29, 0.717) is 11.8 Å². The Hall–Kier alpha value is -2.76. The molecule has 1 N–H and O–H groups in total. The molecular weight excluding hydrogens is 352 g/mol. The number of hydrogen-bond donors (Lipinski definition) is 1. The molecule has 148 valence electrons. The fourth-order valence-corrected chi connectivity index (χ4v) is 3.35. The van der Waals surface area contributed by atoms with Crippen LogP contribution in [0.2, 0.25) is 0 Å². The first-order chi connectivity index (χ1) is 13.4. The summed E-state index contributed by atoms with van der Waals surface area (Å²) in [6, 6.07) is 5.65. The number of carbonyl (C=O) groups excluding carboxylic acids is 1. The van der Waals surface area contributed by atoms with Crippen LogP contribution >= 0.6 is 0 Å². The van der Waals surface area contributed by atoms with Crippen LogP contribution in [0.25, 0.3) is 0 Å². The number of hydrogen-bond acceptors (Lipinski definition) is 5. The minimum Gasteiger partial charge on any atom is -0.468 e. The number of aryl methyl sites for hydroxylation is 3. The topological polar surface area (TPSA) is 76.5 Å². The van der Waals surface area contributed by atoms with Gasteiger partial charge in [0.15, 0.2) is 6.61 Å². The van der Waals surface area contributed by atoms with Crippen LogP contribution in [-0.4, -0.2) is 35.2 Å². The lowest BCUT2D eigenvalue weighted by Gasteiger charge is -2.16. The monoisotopic (exact) mass is 380 g/mol. The minimum atomic E-state index is -0.192. The molecule has 2 aromatic rings. The Morgan fingerprint density at radius 3 is 2.64 bits per heavy atom. The second kappa shape index (κ2) is 8.50. The van der Waals surface area contributed by atoms with E-state index >= 15 is 0 Å². The molecule has 0 aliphatic heterocycles. The predicted molar refractivity (Wildman–Crippen MR) is 110 cm³/mol. The zero-order valence-electron chi connectivity index (χ0n) is 17.2. The molecule has 1 unspecified atom stereocenters. The van der Waals surface area contributed by atoms with Crippen molar-refractivity contribution < 1.29 is 9.53 Å². The van der Waals surface area contributed by atoms with Crippen LogP contribution in [0.1, 0.15) is 53.9 Å². The predicted octanol–water partition coefficient (Wildman–Crippen LogP) is 3.49. The number of nitrogens with zero attached hydrogens (tertiary/aromatic N) is 3. The van der Waals surface area contributed by atoms with Crippen molar-refractivity contribution >= 4 is 11.6 Å². The molecule has 1 aliphatic carbocycles. The fraction of sp³-hybridized carbons (Fsp3) is 0.455. The van der Waals surface area contributed by atoms with Gasteiger partial charge in [0.1, 0.15) is 0 Å². The number of carbonyl (C=O) groups is 1. The van der Waals surface area contributed by atoms with E-state index in [1.54, 1.807) is 6.20 Å². The molecule has 0 bridgehead atoms. The molecule has 1 fully saturated rings. The van der Waals surface area contributed by atoms with Crippen molar-refractivity contribution in [3.05, 3.63) is 52.5 Å². The third-order valence-corrected chi connectivity index (χ3v) is 5.00. The first kappa shape index (κ1) is 20.0. The molecule has 2 aromatic heterocycles. The lowest BCUT2D eigenvalue weighted by atomic mass is 9.99. The number of aromatic nitrogens is 2. The van der Waals surface area contributed by atoms with Crippen LogP contribution in [0.15, 0.2) is 29.4 Å². The Morgan fingerprint density at radius 2 is 2.07 bits per heavy atom. The summed E-state index contributed by atoms with van der Waals surface area (Å²) in [5.41, 5.74) is 6.12. The molecule has 2 heterocycles. The maximum atomic E-state index is 12.3. The van der Waals surface area contributed by atoms with Gasteiger partial charge in [-0.15, -0.1) is 0 Å². The second-order valence-electron chi connectivity index (χ2n) is 7.43. The van der Waals surface area contributed by atoms with Gasteiger partial charge in [0.05, 0.1) is 11.7 Å². The molecular formula is C22H28N4O2. The first-order valence-corrected chi connectivity index (χ1v) is 9.69. The molecule has 1 amide bonds. The minimum absolute atomic E-state index is 0.0772. The van der Waals surface area contributed by atoms with Gasteiger partial charge in [-0.2, -0.15) is 0 Å². The molecule has 6 heteroatoms. The standard InChI is InChI=1S/C22H28N4O2/c1-13-10-20(26-16(4)21(13)22(23-5)17-8-9-17)28-12-19(27)25-15(3)18-7-6-14(2)24-11-18/h6-7,10-11,15,17H,8-9,12H2,1-5H3,(H,25,27)/b23-22-. The van der Waals surface area contributed by atoms with Gasteiger partial charge in [-0.3, -0.25) is 14.8 Å². The highest BCUT2D eigenvalue weighted by molar-refractivity contribution is 6.05. The summed E-state index contributed by atoms with van der Waals surface area (Å²) >= 11 is 0. The van der Waals surface area contributed by atoms with Gasteiger partial charge in [0.2, 0.25) is 5.88 Å². The zero-order chi connectivity index (χ0) is 20.3. The zero-order valence-corrected chi connectivity index (χ0v) is 17.2. The first-order valence-electron chi connectivity index (χ1n) is 9.69. The number of rotatable bonds is 7. The highest BCUT2D eigenvalue weighted by Crippen LogP contribution is 2.35. The van der Waals surface area contributed by atoms with Gasteiger partial charge in [-0.05, 0) is 57.7 Å². The summed E-state index contributed by atoms with van der Waals surface area (Å²) in [4.78, 5) is 25.5. The molecule has 1 atom stereocenters. The van der Waals surface area contributed by atoms with Crippen molar-refractivity contribution in [1.82, 2.24) is 15.3 Å². The average molecular weight is 380 g/mol. The van der Waals surface area contributed by atoms with E-state index in [1.807, 2.05) is 52.9 Å². The maximum absolute atomic E-state index is 12.3. The van der Waals surface area contributed by atoms with Crippen LogP contribution in [-0.2, 0) is 4.79 Å². The van der Waals surface area contributed by atoms with Crippen molar-refractivity contribution in [3.63, 3.8) is 0 Å². The number of pyridine rings is 2. The van der Waals surface area contributed by atoms with Crippen molar-refractivity contribution in [2.75, 3.05) is 13.7 Å². The molecule has 28 heavy (non-hydrogen) atoms. The van der Waals surface area contributed by atoms with Crippen LogP contribution in [0, 0.1) is 26.7 Å². The molecule has 0 saturated heterocycles. The Morgan fingerprint density at radius 1 is 1.32 bits per heavy atom. The van der Waals surface area contributed by atoms with Gasteiger partial charge in [0.25, 0.3) is 5.91 Å². The van der Waals surface area contributed by atoms with Crippen molar-refractivity contribution in [1.29, 1.82) is 0 Å². The largest absolute Gasteiger partial charge is 0.468 e. The lowest BCUT2D eigenvalue weighted by molar-refractivity contribution is -0.123. The number of ether oxygens (including phenoxy) is 1. The van der Waals surface area contributed by atoms with E-state index in [4.69, 9.17) is 4.74 Å². The molecule has 0 aromatic carbocycles. The number of aliphatic imine (C=N–C) groups is 1. The van der Waals surface area contributed by atoms with Gasteiger partial charge in [-0.25, -0.2) is 4.98 Å². The lowest BCUT2D eigenvalue weighted by Crippen LogP contribution is -2.31. The molecule has 1 saturated carbocycles. The summed E-state index contributed by atoms with van der Waals surface area (Å²) in [6.07, 6.45) is 4.16. The van der Waals surface area contributed by atoms with Gasteiger partial charge >= 0.3 is 0 Å². The molecule has 0 spiro atoms. The quantitative estimate of drug-likeness (QED) is 0.746. The summed E-state index contributed by atoms with van der Waals surface area (Å²) in [5, 5.41) is 2.93. The summed E-state index contributed by atoms with van der Waals surface area (Å²) in [6.45, 7) is 7.79. The molecule has 0 radical (unpaired) electrons. The van der Waals surface area contributed by atoms with E-state index in [1.165, 1.54) is 12.8 Å².